The Bertz CT molecular complexity index is 1130. The van der Waals surface area contributed by atoms with E-state index in [2.05, 4.69) is 10.1 Å². The van der Waals surface area contributed by atoms with Crippen LogP contribution in [0.1, 0.15) is 61.6 Å². The third-order valence-electron chi connectivity index (χ3n) is 7.42. The van der Waals surface area contributed by atoms with E-state index < -0.39 is 69.3 Å². The highest BCUT2D eigenvalue weighted by Crippen LogP contribution is 2.54. The maximum Gasteiger partial charge on any atom is 0.330 e. The van der Waals surface area contributed by atoms with Crippen molar-refractivity contribution < 1.29 is 32.2 Å². The van der Waals surface area contributed by atoms with Gasteiger partial charge >= 0.3 is 11.7 Å². The second-order valence-electron chi connectivity index (χ2n) is 10.5. The molecule has 1 aliphatic heterocycles. The Hall–Kier alpha value is -1.63. The first-order valence-electron chi connectivity index (χ1n) is 13.1. The summed E-state index contributed by atoms with van der Waals surface area (Å²) in [4.78, 5) is 38.7. The average Bonchev–Trinajstić information content (AvgIpc) is 3.02. The minimum absolute atomic E-state index is 0.360. The first-order valence-corrected chi connectivity index (χ1v) is 17.7. The molecule has 0 bridgehead atoms. The zero-order valence-corrected chi connectivity index (χ0v) is 25.7. The number of aromatic amines is 1. The summed E-state index contributed by atoms with van der Waals surface area (Å²) < 4.78 is 54.1. The lowest BCUT2D eigenvalue weighted by Gasteiger charge is -2.43. The van der Waals surface area contributed by atoms with Gasteiger partial charge in [-0.2, -0.15) is 0 Å². The van der Waals surface area contributed by atoms with Gasteiger partial charge < -0.3 is 18.4 Å². The van der Waals surface area contributed by atoms with E-state index in [0.29, 0.717) is 0 Å². The molecule has 2 heterocycles. The van der Waals surface area contributed by atoms with E-state index in [1.165, 1.54) is 19.8 Å². The molecular weight excluding hydrogens is 536 g/mol. The zero-order valence-electron chi connectivity index (χ0n) is 23.8. The number of H-pyrrole nitrogens is 1. The van der Waals surface area contributed by atoms with Crippen molar-refractivity contribution in [3.63, 3.8) is 0 Å². The Labute approximate surface area is 224 Å². The molecule has 1 saturated heterocycles. The van der Waals surface area contributed by atoms with Crippen molar-refractivity contribution in [2.24, 2.45) is 5.92 Å². The molecule has 0 amide bonds. The van der Waals surface area contributed by atoms with E-state index in [1.54, 1.807) is 27.7 Å². The summed E-state index contributed by atoms with van der Waals surface area (Å²) >= 11 is 0. The van der Waals surface area contributed by atoms with Crippen molar-refractivity contribution in [1.82, 2.24) is 14.6 Å². The van der Waals surface area contributed by atoms with Gasteiger partial charge in [-0.3, -0.25) is 23.7 Å². The summed E-state index contributed by atoms with van der Waals surface area (Å²) in [7, 11) is -6.06. The first kappa shape index (κ1) is 32.6. The van der Waals surface area contributed by atoms with Gasteiger partial charge in [-0.25, -0.2) is 14.3 Å². The van der Waals surface area contributed by atoms with E-state index in [1.807, 2.05) is 20.8 Å². The maximum absolute atomic E-state index is 16.6. The number of ether oxygens (including phenoxy) is 2. The van der Waals surface area contributed by atoms with Crippen LogP contribution in [0.4, 0.5) is 4.39 Å². The van der Waals surface area contributed by atoms with Crippen molar-refractivity contribution in [3.8, 4) is 0 Å². The number of nitrogens with zero attached hydrogens (tertiary/aromatic N) is 1. The highest BCUT2D eigenvalue weighted by atomic mass is 31.2. The van der Waals surface area contributed by atoms with Gasteiger partial charge in [0.05, 0.1) is 6.10 Å². The molecule has 11 nitrogen and oxygen atoms in total. The van der Waals surface area contributed by atoms with Gasteiger partial charge in [-0.1, -0.05) is 27.7 Å². The highest BCUT2D eigenvalue weighted by Gasteiger charge is 2.64. The number of hydrogen-bond donors (Lipinski definition) is 2. The molecule has 1 aromatic rings. The molecule has 0 aromatic carbocycles. The normalized spacial score (nSPS) is 28.3. The minimum atomic E-state index is -3.69. The third kappa shape index (κ3) is 7.11. The smallest absolute Gasteiger partial charge is 0.330 e. The third-order valence-corrected chi connectivity index (χ3v) is 13.6. The Balaban J connectivity index is 2.40. The van der Waals surface area contributed by atoms with Crippen molar-refractivity contribution >= 4 is 21.8 Å². The second-order valence-corrected chi connectivity index (χ2v) is 17.4. The van der Waals surface area contributed by atoms with Crippen molar-refractivity contribution in [2.45, 2.75) is 103 Å². The summed E-state index contributed by atoms with van der Waals surface area (Å²) in [5.41, 5.74) is -2.70. The van der Waals surface area contributed by atoms with Crippen LogP contribution in [0, 0.1) is 5.92 Å². The van der Waals surface area contributed by atoms with E-state index >= 15 is 4.39 Å². The van der Waals surface area contributed by atoms with Gasteiger partial charge in [-0.05, 0) is 45.8 Å². The predicted octanol–water partition coefficient (Wildman–Crippen LogP) is 3.92. The van der Waals surface area contributed by atoms with Crippen LogP contribution in [0.2, 0.25) is 18.1 Å². The van der Waals surface area contributed by atoms with Gasteiger partial charge in [0.1, 0.15) is 18.2 Å². The lowest BCUT2D eigenvalue weighted by Crippen LogP contribution is -2.53. The quantitative estimate of drug-likeness (QED) is 0.202. The van der Waals surface area contributed by atoms with E-state index in [-0.39, 0.29) is 6.10 Å². The van der Waals surface area contributed by atoms with Crippen molar-refractivity contribution in [3.05, 3.63) is 33.1 Å². The fraction of sp³-hybridized carbons (Fsp3) is 0.792. The number of nitrogens with one attached hydrogen (secondary N) is 2. The SMILES string of the molecule is CC[Si](CC)(CC)O[C@@]1(C)[C@H](n2ccc(=O)[nH]c2=O)O[C@](F)(COP(C)(=O)N[C@@H](C)C(=O)OC(C)C)[C@H]1C. The van der Waals surface area contributed by atoms with Crippen LogP contribution in [0.25, 0.3) is 0 Å². The second kappa shape index (κ2) is 12.3. The predicted molar refractivity (Wildman–Crippen MR) is 144 cm³/mol. The highest BCUT2D eigenvalue weighted by molar-refractivity contribution is 7.56. The van der Waals surface area contributed by atoms with Crippen LogP contribution in [0.15, 0.2) is 21.9 Å². The number of rotatable bonds is 13. The van der Waals surface area contributed by atoms with Crippen LogP contribution >= 0.6 is 7.52 Å². The Morgan fingerprint density at radius 2 is 1.84 bits per heavy atom. The fourth-order valence-electron chi connectivity index (χ4n) is 4.71. The molecule has 1 fully saturated rings. The van der Waals surface area contributed by atoms with Crippen molar-refractivity contribution in [1.29, 1.82) is 0 Å². The minimum Gasteiger partial charge on any atom is -0.462 e. The number of halogens is 1. The Morgan fingerprint density at radius 3 is 2.34 bits per heavy atom. The topological polar surface area (TPSA) is 138 Å². The van der Waals surface area contributed by atoms with Crippen LogP contribution in [-0.2, 0) is 27.8 Å². The molecule has 2 rings (SSSR count). The number of hydrogen-bond acceptors (Lipinski definition) is 8. The molecule has 14 heteroatoms. The molecule has 1 aliphatic rings. The molecular formula is C24H43FN3O8PSi. The maximum atomic E-state index is 16.6. The van der Waals surface area contributed by atoms with E-state index in [9.17, 15) is 18.9 Å². The number of aromatic nitrogens is 2. The average molecular weight is 580 g/mol. The molecule has 0 saturated carbocycles. The molecule has 2 N–H and O–H groups in total. The lowest BCUT2D eigenvalue weighted by molar-refractivity contribution is -0.189. The Kier molecular flexibility index (Phi) is 10.5. The van der Waals surface area contributed by atoms with Gasteiger partial charge in [0.25, 0.3) is 13.1 Å². The number of carbonyl (C=O) groups excluding carboxylic acids is 1. The van der Waals surface area contributed by atoms with Crippen LogP contribution in [-0.4, -0.2) is 60.7 Å². The van der Waals surface area contributed by atoms with Gasteiger partial charge in [0.2, 0.25) is 5.85 Å². The fourth-order valence-corrected chi connectivity index (χ4v) is 9.16. The summed E-state index contributed by atoms with van der Waals surface area (Å²) in [5, 5.41) is 2.58. The number of carbonyl (C=O) groups is 1. The van der Waals surface area contributed by atoms with Crippen LogP contribution in [0.5, 0.6) is 0 Å². The van der Waals surface area contributed by atoms with Gasteiger partial charge in [0.15, 0.2) is 14.5 Å². The summed E-state index contributed by atoms with van der Waals surface area (Å²) in [6, 6.07) is 2.49. The lowest BCUT2D eigenvalue weighted by atomic mass is 9.87. The largest absolute Gasteiger partial charge is 0.462 e. The van der Waals surface area contributed by atoms with Crippen LogP contribution < -0.4 is 16.3 Å². The molecule has 0 aliphatic carbocycles. The van der Waals surface area contributed by atoms with Gasteiger partial charge in [0, 0.05) is 24.8 Å². The summed E-state index contributed by atoms with van der Waals surface area (Å²) in [6.07, 6.45) is -0.355. The standard InChI is InChI=1S/C24H43FN3O8PSi/c1-10-38(11-2,12-3)36-23(8)18(7)24(25,35-21(23)28-14-13-19(29)26-22(28)31)15-33-37(9,32)27-17(6)20(30)34-16(4)5/h13-14,16-18,21H,10-12,15H2,1-9H3,(H,27,32)(H,26,29,31)/t17-,18-,21+,23+,24+,37?/m0/s1. The Morgan fingerprint density at radius 1 is 1.26 bits per heavy atom. The first-order chi connectivity index (χ1) is 17.5. The van der Waals surface area contributed by atoms with Crippen LogP contribution in [0.3, 0.4) is 0 Å². The molecule has 0 radical (unpaired) electrons. The monoisotopic (exact) mass is 579 g/mol. The molecule has 6 atom stereocenters. The van der Waals surface area contributed by atoms with E-state index in [0.717, 1.165) is 28.8 Å². The molecule has 1 unspecified atom stereocenters. The number of esters is 1. The van der Waals surface area contributed by atoms with E-state index in [4.69, 9.17) is 18.4 Å². The zero-order chi connectivity index (χ0) is 29.1. The molecule has 38 heavy (non-hydrogen) atoms. The van der Waals surface area contributed by atoms with Gasteiger partial charge in [-0.15, -0.1) is 0 Å². The molecule has 218 valence electrons. The summed E-state index contributed by atoms with van der Waals surface area (Å²) in [5.74, 6) is -4.11. The summed E-state index contributed by atoms with van der Waals surface area (Å²) in [6.45, 7) is 14.7. The molecule has 1 aromatic heterocycles. The molecule has 0 spiro atoms. The number of alkyl halides is 1. The van der Waals surface area contributed by atoms with Crippen molar-refractivity contribution in [2.75, 3.05) is 13.3 Å².